The Hall–Kier alpha value is -2.55. The number of amides is 3. The van der Waals surface area contributed by atoms with Gasteiger partial charge in [0.05, 0.1) is 17.6 Å². The summed E-state index contributed by atoms with van der Waals surface area (Å²) >= 11 is 1.22. The quantitative estimate of drug-likeness (QED) is 0.558. The highest BCUT2D eigenvalue weighted by Gasteiger charge is 2.20. The van der Waals surface area contributed by atoms with Crippen molar-refractivity contribution in [3.05, 3.63) is 30.7 Å². The second-order valence-corrected chi connectivity index (χ2v) is 7.33. The number of imide groups is 1. The van der Waals surface area contributed by atoms with Crippen LogP contribution >= 0.6 is 11.8 Å². The molecule has 1 saturated carbocycles. The van der Waals surface area contributed by atoms with Gasteiger partial charge in [-0.2, -0.15) is 0 Å². The van der Waals surface area contributed by atoms with E-state index < -0.39 is 6.03 Å². The number of aromatic nitrogens is 3. The van der Waals surface area contributed by atoms with Crippen LogP contribution in [-0.4, -0.2) is 38.5 Å². The smallest absolute Gasteiger partial charge is 0.321 e. The van der Waals surface area contributed by atoms with Crippen LogP contribution in [0.2, 0.25) is 0 Å². The van der Waals surface area contributed by atoms with Crippen molar-refractivity contribution < 1.29 is 14.0 Å². The number of carbonyl (C=O) groups excluding carboxylic acids is 2. The summed E-state index contributed by atoms with van der Waals surface area (Å²) in [6.45, 7) is 6.12. The molecule has 0 atom stereocenters. The summed E-state index contributed by atoms with van der Waals surface area (Å²) in [6.07, 6.45) is 7.51. The Bertz CT molecular complexity index is 823. The molecule has 27 heavy (non-hydrogen) atoms. The van der Waals surface area contributed by atoms with E-state index >= 15 is 0 Å². The van der Waals surface area contributed by atoms with Gasteiger partial charge >= 0.3 is 6.03 Å². The van der Waals surface area contributed by atoms with E-state index in [9.17, 15) is 9.59 Å². The summed E-state index contributed by atoms with van der Waals surface area (Å²) in [4.78, 5) is 24.0. The molecule has 3 rings (SSSR count). The lowest BCUT2D eigenvalue weighted by molar-refractivity contribution is -0.117. The van der Waals surface area contributed by atoms with Crippen molar-refractivity contribution in [3.63, 3.8) is 0 Å². The number of nitrogens with one attached hydrogen (secondary N) is 2. The van der Waals surface area contributed by atoms with Gasteiger partial charge in [-0.05, 0) is 25.8 Å². The van der Waals surface area contributed by atoms with Crippen molar-refractivity contribution in [2.24, 2.45) is 0 Å². The second kappa shape index (κ2) is 8.90. The molecule has 2 N–H and O–H groups in total. The zero-order chi connectivity index (χ0) is 19.2. The number of nitrogens with zero attached hydrogens (tertiary/aromatic N) is 3. The highest BCUT2D eigenvalue weighted by molar-refractivity contribution is 7.99. The molecule has 2 aromatic heterocycles. The molecule has 0 unspecified atom stereocenters. The molecule has 0 saturated heterocycles. The number of rotatable bonds is 7. The molecule has 0 aromatic carbocycles. The van der Waals surface area contributed by atoms with E-state index in [1.54, 1.807) is 12.3 Å². The lowest BCUT2D eigenvalue weighted by atomic mass is 10.2. The predicted molar refractivity (Wildman–Crippen MR) is 102 cm³/mol. The van der Waals surface area contributed by atoms with Gasteiger partial charge in [0.2, 0.25) is 5.91 Å². The van der Waals surface area contributed by atoms with E-state index in [-0.39, 0.29) is 17.7 Å². The number of furan rings is 1. The number of urea groups is 1. The maximum absolute atomic E-state index is 12.1. The van der Waals surface area contributed by atoms with Gasteiger partial charge in [-0.1, -0.05) is 30.7 Å². The topological polar surface area (TPSA) is 102 Å². The third kappa shape index (κ3) is 4.79. The fourth-order valence-electron chi connectivity index (χ4n) is 3.09. The summed E-state index contributed by atoms with van der Waals surface area (Å²) in [6, 6.07) is 1.56. The van der Waals surface area contributed by atoms with Gasteiger partial charge < -0.3 is 9.73 Å². The molecule has 1 aliphatic carbocycles. The van der Waals surface area contributed by atoms with E-state index in [4.69, 9.17) is 4.42 Å². The van der Waals surface area contributed by atoms with Crippen molar-refractivity contribution in [1.82, 2.24) is 25.4 Å². The molecule has 144 valence electrons. The minimum absolute atomic E-state index is 0.0672. The summed E-state index contributed by atoms with van der Waals surface area (Å²) in [5, 5.41) is 14.2. The molecular formula is C18H23N5O3S. The predicted octanol–water partition coefficient (Wildman–Crippen LogP) is 2.89. The van der Waals surface area contributed by atoms with E-state index in [0.717, 1.165) is 37.0 Å². The highest BCUT2D eigenvalue weighted by Crippen LogP contribution is 2.27. The molecule has 2 heterocycles. The molecule has 0 aliphatic heterocycles. The average molecular weight is 389 g/mol. The van der Waals surface area contributed by atoms with Gasteiger partial charge in [0.25, 0.3) is 0 Å². The van der Waals surface area contributed by atoms with Crippen LogP contribution < -0.4 is 10.6 Å². The number of carbonyl (C=O) groups is 2. The average Bonchev–Trinajstić information content (AvgIpc) is 3.35. The summed E-state index contributed by atoms with van der Waals surface area (Å²) in [5.74, 6) is 1.09. The third-order valence-electron chi connectivity index (χ3n) is 4.40. The Labute approximate surface area is 161 Å². The first-order valence-corrected chi connectivity index (χ1v) is 9.88. The molecule has 9 heteroatoms. The summed E-state index contributed by atoms with van der Waals surface area (Å²) in [7, 11) is 0. The fourth-order valence-corrected chi connectivity index (χ4v) is 3.84. The van der Waals surface area contributed by atoms with Crippen LogP contribution in [0.5, 0.6) is 0 Å². The first-order valence-electron chi connectivity index (χ1n) is 8.90. The molecule has 1 aliphatic rings. The molecule has 0 bridgehead atoms. The minimum atomic E-state index is -0.435. The zero-order valence-electron chi connectivity index (χ0n) is 15.2. The van der Waals surface area contributed by atoms with E-state index in [1.165, 1.54) is 11.8 Å². The summed E-state index contributed by atoms with van der Waals surface area (Å²) in [5.41, 5.74) is 0.844. The fraction of sp³-hybridized carbons (Fsp3) is 0.444. The molecule has 0 radical (unpaired) electrons. The Balaban J connectivity index is 1.59. The lowest BCUT2D eigenvalue weighted by Gasteiger charge is -2.12. The Morgan fingerprint density at radius 1 is 1.41 bits per heavy atom. The number of allylic oxidation sites excluding steroid dienone is 1. The van der Waals surface area contributed by atoms with Crippen molar-refractivity contribution in [2.75, 3.05) is 5.75 Å². The monoisotopic (exact) mass is 389 g/mol. The van der Waals surface area contributed by atoms with Gasteiger partial charge in [-0.3, -0.25) is 14.7 Å². The maximum atomic E-state index is 12.1. The normalized spacial score (nSPS) is 14.3. The molecular weight excluding hydrogens is 366 g/mol. The van der Waals surface area contributed by atoms with Gasteiger partial charge in [0.1, 0.15) is 5.76 Å². The molecule has 3 amide bonds. The Kier molecular flexibility index (Phi) is 6.33. The van der Waals surface area contributed by atoms with E-state index in [1.807, 2.05) is 17.6 Å². The van der Waals surface area contributed by atoms with Crippen molar-refractivity contribution in [3.8, 4) is 11.4 Å². The van der Waals surface area contributed by atoms with Crippen molar-refractivity contribution >= 4 is 23.7 Å². The van der Waals surface area contributed by atoms with Crippen molar-refractivity contribution in [2.45, 2.75) is 50.4 Å². The Morgan fingerprint density at radius 3 is 2.85 bits per heavy atom. The third-order valence-corrected chi connectivity index (χ3v) is 5.37. The Morgan fingerprint density at radius 2 is 2.19 bits per heavy atom. The van der Waals surface area contributed by atoms with Crippen LogP contribution in [0.4, 0.5) is 4.79 Å². The van der Waals surface area contributed by atoms with E-state index in [0.29, 0.717) is 17.5 Å². The number of aryl methyl sites for hydroxylation is 1. The van der Waals surface area contributed by atoms with Gasteiger partial charge in [-0.15, -0.1) is 16.8 Å². The number of thioether (sulfide) groups is 1. The first kappa shape index (κ1) is 19.2. The second-order valence-electron chi connectivity index (χ2n) is 6.39. The van der Waals surface area contributed by atoms with Gasteiger partial charge in [-0.25, -0.2) is 4.79 Å². The van der Waals surface area contributed by atoms with Gasteiger partial charge in [0, 0.05) is 12.6 Å². The van der Waals surface area contributed by atoms with Crippen LogP contribution in [0.15, 0.2) is 34.6 Å². The van der Waals surface area contributed by atoms with Crippen LogP contribution in [0, 0.1) is 6.92 Å². The largest absolute Gasteiger partial charge is 0.469 e. The first-order chi connectivity index (χ1) is 13.1. The van der Waals surface area contributed by atoms with Crippen LogP contribution in [0.3, 0.4) is 0 Å². The molecule has 8 nitrogen and oxygen atoms in total. The van der Waals surface area contributed by atoms with Crippen LogP contribution in [0.25, 0.3) is 11.4 Å². The molecule has 0 spiro atoms. The molecule has 1 fully saturated rings. The zero-order valence-corrected chi connectivity index (χ0v) is 16.1. The SMILES string of the molecule is C=CCn1c(SCC(=O)NC(=O)NC2CCCC2)nnc1-c1ccoc1C. The molecule has 2 aromatic rings. The van der Waals surface area contributed by atoms with E-state index in [2.05, 4.69) is 27.4 Å². The van der Waals surface area contributed by atoms with Gasteiger partial charge in [0.15, 0.2) is 11.0 Å². The number of hydrogen-bond acceptors (Lipinski definition) is 6. The highest BCUT2D eigenvalue weighted by atomic mass is 32.2. The lowest BCUT2D eigenvalue weighted by Crippen LogP contribution is -2.44. The summed E-state index contributed by atoms with van der Waals surface area (Å²) < 4.78 is 7.20. The van der Waals surface area contributed by atoms with Crippen molar-refractivity contribution in [1.29, 1.82) is 0 Å². The number of hydrogen-bond donors (Lipinski definition) is 2. The maximum Gasteiger partial charge on any atom is 0.321 e. The standard InChI is InChI=1S/C18H23N5O3S/c1-3-9-23-16(14-8-10-26-12(14)2)21-22-18(23)27-11-15(24)20-17(25)19-13-6-4-5-7-13/h3,8,10,13H,1,4-7,9,11H2,2H3,(H2,19,20,24,25). The van der Waals surface area contributed by atoms with Crippen LogP contribution in [0.1, 0.15) is 31.4 Å². The van der Waals surface area contributed by atoms with Crippen LogP contribution in [-0.2, 0) is 11.3 Å². The minimum Gasteiger partial charge on any atom is -0.469 e.